The second-order valence-corrected chi connectivity index (χ2v) is 11.8. The number of sulfonamides is 1. The number of anilines is 2. The Morgan fingerprint density at radius 1 is 1.17 bits per heavy atom. The van der Waals surface area contributed by atoms with Gasteiger partial charge in [-0.2, -0.15) is 4.31 Å². The Hall–Kier alpha value is -4.21. The van der Waals surface area contributed by atoms with Gasteiger partial charge in [0.2, 0.25) is 16.0 Å². The van der Waals surface area contributed by atoms with Crippen molar-refractivity contribution in [2.24, 2.45) is 0 Å². The number of fused-ring (bicyclic) bond motifs is 2. The van der Waals surface area contributed by atoms with Crippen molar-refractivity contribution in [3.8, 4) is 17.0 Å². The number of hydrogen-bond acceptors (Lipinski definition) is 10. The fraction of sp³-hybridized carbons (Fsp3) is 0.346. The van der Waals surface area contributed by atoms with Crippen LogP contribution in [0.2, 0.25) is 0 Å². The van der Waals surface area contributed by atoms with E-state index in [-0.39, 0.29) is 11.6 Å². The molecule has 4 aromatic rings. The maximum Gasteiger partial charge on any atom is 0.287 e. The fourth-order valence-corrected chi connectivity index (χ4v) is 5.80. The summed E-state index contributed by atoms with van der Waals surface area (Å²) in [4.78, 5) is 23.4. The summed E-state index contributed by atoms with van der Waals surface area (Å²) in [5, 5.41) is 13.9. The lowest BCUT2D eigenvalue weighted by Gasteiger charge is -2.34. The second kappa shape index (κ2) is 10.6. The number of carbonyl (C=O) groups is 1. The Morgan fingerprint density at radius 2 is 1.98 bits per heavy atom. The van der Waals surface area contributed by atoms with Crippen LogP contribution in [0.25, 0.3) is 22.3 Å². The Balaban J connectivity index is 1.21. The highest BCUT2D eigenvalue weighted by Crippen LogP contribution is 2.35. The summed E-state index contributed by atoms with van der Waals surface area (Å²) in [5.74, 6) is -0.571. The number of nitrogens with zero attached hydrogens (tertiary/aromatic N) is 7. The predicted octanol–water partition coefficient (Wildman–Crippen LogP) is 1.89. The van der Waals surface area contributed by atoms with Gasteiger partial charge in [-0.1, -0.05) is 23.4 Å². The lowest BCUT2D eigenvalue weighted by molar-refractivity contribution is -0.122. The van der Waals surface area contributed by atoms with Crippen molar-refractivity contribution >= 4 is 38.6 Å². The Morgan fingerprint density at radius 3 is 2.73 bits per heavy atom. The third-order valence-electron chi connectivity index (χ3n) is 7.11. The molecule has 6 rings (SSSR count). The van der Waals surface area contributed by atoms with Gasteiger partial charge in [0.1, 0.15) is 11.2 Å². The van der Waals surface area contributed by atoms with E-state index in [4.69, 9.17) is 4.74 Å². The third kappa shape index (κ3) is 5.42. The molecule has 0 bridgehead atoms. The standard InChI is InChI=1S/C26H28FN9O4S/c1-3-36-21-13-16(7-8-19(21)32-33-36)22-18(27)14-28-26(30-22)31-25-24(37)29-20-6-4-5-17(23(20)40-25)15-34-9-11-35(12-10-34)41(2,38)39/h4-8,13-14,25H,3,9-12,15H2,1-2H3,(H,29,37)(H,28,30,31). The second-order valence-electron chi connectivity index (χ2n) is 9.86. The molecule has 2 N–H and O–H groups in total. The van der Waals surface area contributed by atoms with E-state index < -0.39 is 28.0 Å². The van der Waals surface area contributed by atoms with Gasteiger partial charge in [0, 0.05) is 50.4 Å². The molecule has 1 atom stereocenters. The summed E-state index contributed by atoms with van der Waals surface area (Å²) in [5.41, 5.74) is 3.35. The third-order valence-corrected chi connectivity index (χ3v) is 8.42. The van der Waals surface area contributed by atoms with Gasteiger partial charge in [-0.15, -0.1) is 5.10 Å². The Bertz CT molecular complexity index is 1740. The van der Waals surface area contributed by atoms with Crippen molar-refractivity contribution in [1.82, 2.24) is 34.2 Å². The molecule has 0 radical (unpaired) electrons. The molecule has 0 spiro atoms. The summed E-state index contributed by atoms with van der Waals surface area (Å²) in [6.07, 6.45) is 1.09. The van der Waals surface area contributed by atoms with E-state index in [0.29, 0.717) is 61.8 Å². The molecule has 1 unspecified atom stereocenters. The first-order valence-corrected chi connectivity index (χ1v) is 14.9. The van der Waals surface area contributed by atoms with Crippen LogP contribution in [0.3, 0.4) is 0 Å². The smallest absolute Gasteiger partial charge is 0.287 e. The van der Waals surface area contributed by atoms with Crippen LogP contribution in [0, 0.1) is 5.82 Å². The summed E-state index contributed by atoms with van der Waals surface area (Å²) in [6, 6.07) is 10.7. The maximum atomic E-state index is 14.8. The van der Waals surface area contributed by atoms with Gasteiger partial charge < -0.3 is 15.4 Å². The van der Waals surface area contributed by atoms with E-state index in [1.54, 1.807) is 28.9 Å². The highest BCUT2D eigenvalue weighted by molar-refractivity contribution is 7.88. The minimum absolute atomic E-state index is 0.0154. The van der Waals surface area contributed by atoms with E-state index in [1.165, 1.54) is 10.6 Å². The summed E-state index contributed by atoms with van der Waals surface area (Å²) < 4.78 is 47.8. The summed E-state index contributed by atoms with van der Waals surface area (Å²) in [6.45, 7) is 5.00. The number of nitrogens with one attached hydrogen (secondary N) is 2. The lowest BCUT2D eigenvalue weighted by atomic mass is 10.1. The average molecular weight is 582 g/mol. The molecule has 4 heterocycles. The van der Waals surface area contributed by atoms with Crippen molar-refractivity contribution in [3.05, 3.63) is 54.0 Å². The van der Waals surface area contributed by atoms with Gasteiger partial charge in [-0.05, 0) is 25.1 Å². The van der Waals surface area contributed by atoms with Crippen LogP contribution in [0.4, 0.5) is 16.0 Å². The van der Waals surface area contributed by atoms with Gasteiger partial charge in [0.25, 0.3) is 12.1 Å². The molecule has 0 aliphatic carbocycles. The van der Waals surface area contributed by atoms with Crippen molar-refractivity contribution in [1.29, 1.82) is 0 Å². The van der Waals surface area contributed by atoms with Crippen LogP contribution in [0.5, 0.6) is 5.75 Å². The first-order chi connectivity index (χ1) is 19.7. The highest BCUT2D eigenvalue weighted by atomic mass is 32.2. The zero-order valence-electron chi connectivity index (χ0n) is 22.4. The number of aromatic nitrogens is 5. The predicted molar refractivity (Wildman–Crippen MR) is 149 cm³/mol. The Kier molecular flexibility index (Phi) is 7.01. The van der Waals surface area contributed by atoms with Crippen molar-refractivity contribution in [3.63, 3.8) is 0 Å². The molecular weight excluding hydrogens is 553 g/mol. The topological polar surface area (TPSA) is 147 Å². The van der Waals surface area contributed by atoms with E-state index in [0.717, 1.165) is 17.3 Å². The summed E-state index contributed by atoms with van der Waals surface area (Å²) in [7, 11) is -3.23. The molecule has 1 saturated heterocycles. The molecule has 15 heteroatoms. The molecule has 13 nitrogen and oxygen atoms in total. The van der Waals surface area contributed by atoms with Gasteiger partial charge in [0.15, 0.2) is 11.6 Å². The van der Waals surface area contributed by atoms with E-state index >= 15 is 0 Å². The van der Waals surface area contributed by atoms with Crippen LogP contribution in [-0.2, 0) is 27.9 Å². The maximum absolute atomic E-state index is 14.8. The van der Waals surface area contributed by atoms with Gasteiger partial charge in [-0.25, -0.2) is 27.5 Å². The fourth-order valence-electron chi connectivity index (χ4n) is 4.97. The molecule has 1 amide bonds. The first-order valence-electron chi connectivity index (χ1n) is 13.1. The number of piperazine rings is 1. The number of amides is 1. The number of carbonyl (C=O) groups excluding carboxylic acids is 1. The minimum Gasteiger partial charge on any atom is -0.459 e. The van der Waals surface area contributed by atoms with Crippen LogP contribution >= 0.6 is 0 Å². The first kappa shape index (κ1) is 27.0. The van der Waals surface area contributed by atoms with Gasteiger partial charge in [-0.3, -0.25) is 9.69 Å². The molecule has 2 aromatic carbocycles. The Labute approximate surface area is 235 Å². The molecule has 2 aliphatic heterocycles. The summed E-state index contributed by atoms with van der Waals surface area (Å²) >= 11 is 0. The van der Waals surface area contributed by atoms with Crippen molar-refractivity contribution in [2.45, 2.75) is 26.2 Å². The molecule has 41 heavy (non-hydrogen) atoms. The lowest BCUT2D eigenvalue weighted by Crippen LogP contribution is -2.48. The minimum atomic E-state index is -3.23. The zero-order valence-corrected chi connectivity index (χ0v) is 23.2. The van der Waals surface area contributed by atoms with E-state index in [2.05, 4.69) is 35.8 Å². The highest BCUT2D eigenvalue weighted by Gasteiger charge is 2.31. The van der Waals surface area contributed by atoms with E-state index in [9.17, 15) is 17.6 Å². The molecule has 1 fully saturated rings. The molecule has 2 aliphatic rings. The van der Waals surface area contributed by atoms with Crippen LogP contribution in [0.1, 0.15) is 12.5 Å². The van der Waals surface area contributed by atoms with Crippen molar-refractivity contribution < 1.29 is 22.3 Å². The number of ether oxygens (including phenoxy) is 1. The van der Waals surface area contributed by atoms with Crippen LogP contribution in [-0.4, -0.2) is 87.2 Å². The molecule has 214 valence electrons. The average Bonchev–Trinajstić information content (AvgIpc) is 3.37. The monoisotopic (exact) mass is 581 g/mol. The van der Waals surface area contributed by atoms with Gasteiger partial charge >= 0.3 is 0 Å². The SMILES string of the molecule is CCn1nnc2ccc(-c3nc(NC4Oc5c(CN6CCN(S(C)(=O)=O)CC6)cccc5NC4=O)ncc3F)cc21. The van der Waals surface area contributed by atoms with Crippen molar-refractivity contribution in [2.75, 3.05) is 43.1 Å². The largest absolute Gasteiger partial charge is 0.459 e. The number of hydrogen-bond donors (Lipinski definition) is 2. The normalized spacial score (nSPS) is 18.1. The molecular formula is C26H28FN9O4S. The van der Waals surface area contributed by atoms with Crippen LogP contribution < -0.4 is 15.4 Å². The van der Waals surface area contributed by atoms with E-state index in [1.807, 2.05) is 19.1 Å². The number of halogens is 1. The zero-order chi connectivity index (χ0) is 28.7. The number of aryl methyl sites for hydroxylation is 1. The quantitative estimate of drug-likeness (QED) is 0.332. The number of benzene rings is 2. The molecule has 2 aromatic heterocycles. The molecule has 0 saturated carbocycles. The number of para-hydroxylation sites is 1. The number of rotatable bonds is 7. The van der Waals surface area contributed by atoms with Crippen LogP contribution in [0.15, 0.2) is 42.6 Å². The van der Waals surface area contributed by atoms with Gasteiger partial charge in [0.05, 0.1) is 23.7 Å².